The molecule has 0 saturated heterocycles. The van der Waals surface area contributed by atoms with Crippen molar-refractivity contribution in [1.82, 2.24) is 10.2 Å². The van der Waals surface area contributed by atoms with Crippen molar-refractivity contribution < 1.29 is 23.0 Å². The zero-order valence-electron chi connectivity index (χ0n) is 12.6. The Balaban J connectivity index is 1.74. The number of nitrogens with one attached hydrogen (secondary N) is 1. The predicted octanol–water partition coefficient (Wildman–Crippen LogP) is 5.03. The maximum Gasteiger partial charge on any atom is 0.432 e. The average molecular weight is 369 g/mol. The van der Waals surface area contributed by atoms with Gasteiger partial charge in [0.15, 0.2) is 0 Å². The van der Waals surface area contributed by atoms with Gasteiger partial charge in [0.25, 0.3) is 0 Å². The monoisotopic (exact) mass is 368 g/mol. The van der Waals surface area contributed by atoms with E-state index in [2.05, 4.69) is 5.10 Å². The van der Waals surface area contributed by atoms with Gasteiger partial charge in [-0.15, -0.1) is 0 Å². The van der Waals surface area contributed by atoms with Crippen LogP contribution in [0.15, 0.2) is 48.5 Å². The van der Waals surface area contributed by atoms with Crippen molar-refractivity contribution in [3.8, 4) is 22.8 Å². The number of benzene rings is 2. The zero-order valence-corrected chi connectivity index (χ0v) is 13.4. The summed E-state index contributed by atoms with van der Waals surface area (Å²) in [6, 6.07) is 12.2. The number of phenolic OH excluding ortho intramolecular Hbond substituents is 1. The van der Waals surface area contributed by atoms with Crippen LogP contribution in [0.3, 0.4) is 0 Å². The van der Waals surface area contributed by atoms with E-state index >= 15 is 0 Å². The first-order valence-electron chi connectivity index (χ1n) is 7.16. The zero-order chi connectivity index (χ0) is 18.0. The molecule has 1 heterocycles. The lowest BCUT2D eigenvalue weighted by Crippen LogP contribution is -2.04. The molecule has 3 aromatic rings. The van der Waals surface area contributed by atoms with Crippen molar-refractivity contribution in [1.29, 1.82) is 0 Å². The number of alkyl halides is 3. The molecule has 0 unspecified atom stereocenters. The van der Waals surface area contributed by atoms with Gasteiger partial charge in [0, 0.05) is 16.7 Å². The van der Waals surface area contributed by atoms with Gasteiger partial charge in [0.2, 0.25) is 0 Å². The van der Waals surface area contributed by atoms with Gasteiger partial charge in [-0.1, -0.05) is 23.7 Å². The largest absolute Gasteiger partial charge is 0.507 e. The molecule has 3 rings (SSSR count). The second-order valence-electron chi connectivity index (χ2n) is 5.26. The normalized spacial score (nSPS) is 11.5. The maximum absolute atomic E-state index is 12.6. The van der Waals surface area contributed by atoms with Crippen molar-refractivity contribution in [2.75, 3.05) is 0 Å². The Bertz CT molecular complexity index is 876. The Morgan fingerprint density at radius 2 is 1.80 bits per heavy atom. The summed E-state index contributed by atoms with van der Waals surface area (Å²) in [7, 11) is 0. The summed E-state index contributed by atoms with van der Waals surface area (Å²) in [5.41, 5.74) is 0.0692. The van der Waals surface area contributed by atoms with Crippen LogP contribution in [-0.2, 0) is 12.8 Å². The second kappa shape index (κ2) is 6.68. The van der Waals surface area contributed by atoms with Crippen molar-refractivity contribution in [2.24, 2.45) is 0 Å². The number of rotatable bonds is 4. The molecule has 0 bridgehead atoms. The van der Waals surface area contributed by atoms with Crippen molar-refractivity contribution in [2.45, 2.75) is 12.8 Å². The Hall–Kier alpha value is -2.67. The SMILES string of the molecule is Oc1cc(OCc2ccc(Cl)cc2)ccc1-c1cc(C(F)(F)F)[nH]n1. The lowest BCUT2D eigenvalue weighted by atomic mass is 10.1. The summed E-state index contributed by atoms with van der Waals surface area (Å²) < 4.78 is 43.4. The van der Waals surface area contributed by atoms with Gasteiger partial charge in [-0.05, 0) is 35.9 Å². The molecule has 2 N–H and O–H groups in total. The van der Waals surface area contributed by atoms with Crippen LogP contribution in [0.2, 0.25) is 5.02 Å². The predicted molar refractivity (Wildman–Crippen MR) is 86.5 cm³/mol. The summed E-state index contributed by atoms with van der Waals surface area (Å²) >= 11 is 5.80. The van der Waals surface area contributed by atoms with Gasteiger partial charge in [-0.25, -0.2) is 0 Å². The molecule has 0 fully saturated rings. The lowest BCUT2D eigenvalue weighted by molar-refractivity contribution is -0.141. The minimum Gasteiger partial charge on any atom is -0.507 e. The molecular weight excluding hydrogens is 357 g/mol. The molecule has 0 atom stereocenters. The summed E-state index contributed by atoms with van der Waals surface area (Å²) in [5, 5.41) is 16.2. The molecule has 0 aliphatic heterocycles. The number of hydrogen-bond acceptors (Lipinski definition) is 3. The number of aromatic hydroxyl groups is 1. The van der Waals surface area contributed by atoms with Gasteiger partial charge < -0.3 is 9.84 Å². The fourth-order valence-electron chi connectivity index (χ4n) is 2.17. The highest BCUT2D eigenvalue weighted by atomic mass is 35.5. The summed E-state index contributed by atoms with van der Waals surface area (Å²) in [6.07, 6.45) is -4.53. The molecule has 130 valence electrons. The van der Waals surface area contributed by atoms with E-state index in [1.54, 1.807) is 30.3 Å². The first kappa shape index (κ1) is 17.2. The van der Waals surface area contributed by atoms with Gasteiger partial charge in [-0.3, -0.25) is 5.10 Å². The smallest absolute Gasteiger partial charge is 0.432 e. The van der Waals surface area contributed by atoms with Crippen molar-refractivity contribution in [3.05, 3.63) is 64.8 Å². The van der Waals surface area contributed by atoms with Gasteiger partial charge in [0.1, 0.15) is 23.8 Å². The van der Waals surface area contributed by atoms with E-state index in [9.17, 15) is 18.3 Å². The van der Waals surface area contributed by atoms with Crippen molar-refractivity contribution >= 4 is 11.6 Å². The fraction of sp³-hybridized carbons (Fsp3) is 0.118. The number of halogens is 4. The third-order valence-electron chi connectivity index (χ3n) is 3.45. The molecule has 2 aromatic carbocycles. The number of nitrogens with zero attached hydrogens (tertiary/aromatic N) is 1. The van der Waals surface area contributed by atoms with E-state index in [0.717, 1.165) is 11.6 Å². The summed E-state index contributed by atoms with van der Waals surface area (Å²) in [5.74, 6) is 0.150. The maximum atomic E-state index is 12.6. The van der Waals surface area contributed by atoms with Crippen LogP contribution in [0.1, 0.15) is 11.3 Å². The molecule has 0 aliphatic carbocycles. The third kappa shape index (κ3) is 4.06. The molecule has 0 radical (unpaired) electrons. The third-order valence-corrected chi connectivity index (χ3v) is 3.70. The fourth-order valence-corrected chi connectivity index (χ4v) is 2.30. The Morgan fingerprint density at radius 3 is 2.40 bits per heavy atom. The quantitative estimate of drug-likeness (QED) is 0.678. The Morgan fingerprint density at radius 1 is 1.08 bits per heavy atom. The highest BCUT2D eigenvalue weighted by molar-refractivity contribution is 6.30. The number of aromatic nitrogens is 2. The molecule has 8 heteroatoms. The first-order valence-corrected chi connectivity index (χ1v) is 7.54. The van der Waals surface area contributed by atoms with E-state index in [4.69, 9.17) is 16.3 Å². The van der Waals surface area contributed by atoms with Crippen LogP contribution in [0.25, 0.3) is 11.3 Å². The Labute approximate surface area is 145 Å². The number of ether oxygens (including phenoxy) is 1. The average Bonchev–Trinajstić information content (AvgIpc) is 3.04. The second-order valence-corrected chi connectivity index (χ2v) is 5.70. The van der Waals surface area contributed by atoms with Crippen LogP contribution >= 0.6 is 11.6 Å². The minimum atomic E-state index is -4.53. The van der Waals surface area contributed by atoms with Crippen molar-refractivity contribution in [3.63, 3.8) is 0 Å². The van der Waals surface area contributed by atoms with Gasteiger partial charge in [-0.2, -0.15) is 18.3 Å². The Kier molecular flexibility index (Phi) is 4.59. The van der Waals surface area contributed by atoms with Crippen LogP contribution < -0.4 is 4.74 Å². The van der Waals surface area contributed by atoms with E-state index in [-0.39, 0.29) is 23.6 Å². The number of phenols is 1. The minimum absolute atomic E-state index is 0.00548. The molecule has 25 heavy (non-hydrogen) atoms. The van der Waals surface area contributed by atoms with E-state index in [0.29, 0.717) is 10.8 Å². The standard InChI is InChI=1S/C17H12ClF3N2O2/c18-11-3-1-10(2-4-11)9-25-12-5-6-13(15(24)7-12)14-8-16(23-22-14)17(19,20)21/h1-8,24H,9H2,(H,22,23). The molecule has 0 spiro atoms. The molecule has 0 amide bonds. The first-order chi connectivity index (χ1) is 11.8. The van der Waals surface area contributed by atoms with E-state index in [1.807, 2.05) is 5.10 Å². The topological polar surface area (TPSA) is 58.1 Å². The van der Waals surface area contributed by atoms with Gasteiger partial charge in [0.05, 0.1) is 5.69 Å². The van der Waals surface area contributed by atoms with E-state index in [1.165, 1.54) is 12.1 Å². The van der Waals surface area contributed by atoms with Crippen LogP contribution in [0.5, 0.6) is 11.5 Å². The number of H-pyrrole nitrogens is 1. The van der Waals surface area contributed by atoms with Crippen LogP contribution in [0.4, 0.5) is 13.2 Å². The molecule has 1 aromatic heterocycles. The van der Waals surface area contributed by atoms with Crippen LogP contribution in [0, 0.1) is 0 Å². The number of aromatic amines is 1. The highest BCUT2D eigenvalue weighted by Gasteiger charge is 2.33. The lowest BCUT2D eigenvalue weighted by Gasteiger charge is -2.08. The highest BCUT2D eigenvalue weighted by Crippen LogP contribution is 2.35. The number of hydrogen-bond donors (Lipinski definition) is 2. The molecule has 0 aliphatic rings. The molecule has 4 nitrogen and oxygen atoms in total. The van der Waals surface area contributed by atoms with E-state index < -0.39 is 11.9 Å². The van der Waals surface area contributed by atoms with Gasteiger partial charge >= 0.3 is 6.18 Å². The molecule has 0 saturated carbocycles. The summed E-state index contributed by atoms with van der Waals surface area (Å²) in [6.45, 7) is 0.260. The summed E-state index contributed by atoms with van der Waals surface area (Å²) in [4.78, 5) is 0. The molecular formula is C17H12ClF3N2O2. The van der Waals surface area contributed by atoms with Crippen LogP contribution in [-0.4, -0.2) is 15.3 Å².